The second-order valence-corrected chi connectivity index (χ2v) is 7.77. The molecule has 4 aromatic rings. The standard InChI is InChI=1S/C29H27N/c1-21-8-12-24(13-9-21)26-16-17-29(25-14-10-22(2)11-15-25)27(18-26)19-28(20-30)23-6-4-3-5-7-23/h3-19H,20,30H2,1-2H3/b28-19+. The molecule has 0 saturated carbocycles. The molecule has 2 N–H and O–H groups in total. The molecule has 0 bridgehead atoms. The van der Waals surface area contributed by atoms with E-state index >= 15 is 0 Å². The molecule has 30 heavy (non-hydrogen) atoms. The van der Waals surface area contributed by atoms with E-state index in [9.17, 15) is 0 Å². The van der Waals surface area contributed by atoms with E-state index < -0.39 is 0 Å². The van der Waals surface area contributed by atoms with Crippen LogP contribution in [0.2, 0.25) is 0 Å². The van der Waals surface area contributed by atoms with E-state index in [2.05, 4.69) is 111 Å². The Morgan fingerprint density at radius 2 is 1.23 bits per heavy atom. The van der Waals surface area contributed by atoms with Crippen molar-refractivity contribution in [3.05, 3.63) is 119 Å². The van der Waals surface area contributed by atoms with Crippen molar-refractivity contribution in [2.24, 2.45) is 5.73 Å². The quantitative estimate of drug-likeness (QED) is 0.361. The van der Waals surface area contributed by atoms with Crippen LogP contribution in [-0.4, -0.2) is 6.54 Å². The SMILES string of the molecule is Cc1ccc(-c2ccc(-c3ccc(C)cc3)c(/C=C(\CN)c3ccccc3)c2)cc1. The molecule has 0 unspecified atom stereocenters. The first-order chi connectivity index (χ1) is 14.6. The molecule has 0 spiro atoms. The van der Waals surface area contributed by atoms with Crippen molar-refractivity contribution < 1.29 is 0 Å². The largest absolute Gasteiger partial charge is 0.326 e. The van der Waals surface area contributed by atoms with Crippen molar-refractivity contribution in [3.63, 3.8) is 0 Å². The van der Waals surface area contributed by atoms with Gasteiger partial charge in [0.15, 0.2) is 0 Å². The molecule has 4 rings (SSSR count). The van der Waals surface area contributed by atoms with E-state index in [1.165, 1.54) is 38.9 Å². The Morgan fingerprint density at radius 1 is 0.667 bits per heavy atom. The van der Waals surface area contributed by atoms with Crippen LogP contribution in [0.5, 0.6) is 0 Å². The van der Waals surface area contributed by atoms with Gasteiger partial charge >= 0.3 is 0 Å². The van der Waals surface area contributed by atoms with Gasteiger partial charge in [0.1, 0.15) is 0 Å². The van der Waals surface area contributed by atoms with Gasteiger partial charge in [0.2, 0.25) is 0 Å². The lowest BCUT2D eigenvalue weighted by molar-refractivity contribution is 1.27. The molecule has 0 amide bonds. The van der Waals surface area contributed by atoms with Crippen molar-refractivity contribution in [1.82, 2.24) is 0 Å². The monoisotopic (exact) mass is 389 g/mol. The fraction of sp³-hybridized carbons (Fsp3) is 0.103. The van der Waals surface area contributed by atoms with Crippen LogP contribution in [0.15, 0.2) is 97.1 Å². The highest BCUT2D eigenvalue weighted by Crippen LogP contribution is 2.32. The minimum Gasteiger partial charge on any atom is -0.326 e. The number of benzene rings is 4. The minimum absolute atomic E-state index is 0.492. The molecule has 0 radical (unpaired) electrons. The van der Waals surface area contributed by atoms with Gasteiger partial charge in [-0.1, -0.05) is 102 Å². The van der Waals surface area contributed by atoms with E-state index in [1.54, 1.807) is 0 Å². The summed E-state index contributed by atoms with van der Waals surface area (Å²) >= 11 is 0. The molecule has 0 saturated heterocycles. The Hall–Kier alpha value is -3.42. The summed E-state index contributed by atoms with van der Waals surface area (Å²) in [7, 11) is 0. The summed E-state index contributed by atoms with van der Waals surface area (Å²) in [4.78, 5) is 0. The van der Waals surface area contributed by atoms with Gasteiger partial charge in [-0.25, -0.2) is 0 Å². The topological polar surface area (TPSA) is 26.0 Å². The maximum absolute atomic E-state index is 6.16. The predicted octanol–water partition coefficient (Wildman–Crippen LogP) is 7.14. The summed E-state index contributed by atoms with van der Waals surface area (Å²) < 4.78 is 0. The highest BCUT2D eigenvalue weighted by molar-refractivity contribution is 5.89. The third-order valence-corrected chi connectivity index (χ3v) is 5.49. The lowest BCUT2D eigenvalue weighted by atomic mass is 9.92. The van der Waals surface area contributed by atoms with Crippen LogP contribution in [0.1, 0.15) is 22.3 Å². The predicted molar refractivity (Wildman–Crippen MR) is 130 cm³/mol. The van der Waals surface area contributed by atoms with Crippen LogP contribution >= 0.6 is 0 Å². The lowest BCUT2D eigenvalue weighted by Crippen LogP contribution is -2.02. The average Bonchev–Trinajstić information content (AvgIpc) is 2.79. The highest BCUT2D eigenvalue weighted by Gasteiger charge is 2.09. The molecule has 0 heterocycles. The highest BCUT2D eigenvalue weighted by atomic mass is 14.5. The summed E-state index contributed by atoms with van der Waals surface area (Å²) in [6.45, 7) is 4.73. The van der Waals surface area contributed by atoms with Gasteiger partial charge in [-0.3, -0.25) is 0 Å². The molecule has 1 nitrogen and oxygen atoms in total. The van der Waals surface area contributed by atoms with Crippen LogP contribution in [-0.2, 0) is 0 Å². The summed E-state index contributed by atoms with van der Waals surface area (Å²) in [6.07, 6.45) is 2.24. The lowest BCUT2D eigenvalue weighted by Gasteiger charge is -2.13. The van der Waals surface area contributed by atoms with Crippen LogP contribution < -0.4 is 5.73 Å². The number of rotatable bonds is 5. The zero-order chi connectivity index (χ0) is 20.9. The minimum atomic E-state index is 0.492. The maximum Gasteiger partial charge on any atom is 0.0184 e. The fourth-order valence-electron chi connectivity index (χ4n) is 3.70. The Labute approximate surface area is 179 Å². The molecular formula is C29H27N. The number of hydrogen-bond acceptors (Lipinski definition) is 1. The van der Waals surface area contributed by atoms with Crippen LogP contribution in [0.3, 0.4) is 0 Å². The van der Waals surface area contributed by atoms with Crippen molar-refractivity contribution in [2.75, 3.05) is 6.54 Å². The Bertz CT molecular complexity index is 1150. The molecule has 0 aliphatic rings. The maximum atomic E-state index is 6.16. The molecule has 0 fully saturated rings. The summed E-state index contributed by atoms with van der Waals surface area (Å²) in [5.41, 5.74) is 17.0. The Kier molecular flexibility index (Phi) is 5.92. The smallest absolute Gasteiger partial charge is 0.0184 e. The molecule has 0 aliphatic carbocycles. The summed E-state index contributed by atoms with van der Waals surface area (Å²) in [5.74, 6) is 0. The average molecular weight is 390 g/mol. The van der Waals surface area contributed by atoms with Gasteiger partial charge in [0.05, 0.1) is 0 Å². The van der Waals surface area contributed by atoms with Crippen molar-refractivity contribution >= 4 is 11.6 Å². The molecule has 4 aromatic carbocycles. The van der Waals surface area contributed by atoms with Gasteiger partial charge < -0.3 is 5.73 Å². The van der Waals surface area contributed by atoms with E-state index in [0.29, 0.717) is 6.54 Å². The van der Waals surface area contributed by atoms with Crippen molar-refractivity contribution in [1.29, 1.82) is 0 Å². The number of hydrogen-bond donors (Lipinski definition) is 1. The van der Waals surface area contributed by atoms with E-state index in [1.807, 2.05) is 6.07 Å². The summed E-state index contributed by atoms with van der Waals surface area (Å²) in [5, 5.41) is 0. The van der Waals surface area contributed by atoms with Crippen LogP contribution in [0.25, 0.3) is 33.9 Å². The second kappa shape index (κ2) is 8.94. The second-order valence-electron chi connectivity index (χ2n) is 7.77. The molecule has 148 valence electrons. The third kappa shape index (κ3) is 4.42. The number of aryl methyl sites for hydroxylation is 2. The zero-order valence-electron chi connectivity index (χ0n) is 17.6. The van der Waals surface area contributed by atoms with Gasteiger partial charge in [0, 0.05) is 6.54 Å². The Balaban J connectivity index is 1.87. The van der Waals surface area contributed by atoms with E-state index in [0.717, 1.165) is 11.1 Å². The molecule has 1 heteroatoms. The molecular weight excluding hydrogens is 362 g/mol. The first kappa shape index (κ1) is 19.9. The first-order valence-corrected chi connectivity index (χ1v) is 10.4. The van der Waals surface area contributed by atoms with Gasteiger partial charge in [-0.15, -0.1) is 0 Å². The van der Waals surface area contributed by atoms with E-state index in [4.69, 9.17) is 5.73 Å². The van der Waals surface area contributed by atoms with Crippen LogP contribution in [0.4, 0.5) is 0 Å². The normalized spacial score (nSPS) is 11.5. The van der Waals surface area contributed by atoms with E-state index in [-0.39, 0.29) is 0 Å². The van der Waals surface area contributed by atoms with Crippen LogP contribution in [0, 0.1) is 13.8 Å². The zero-order valence-corrected chi connectivity index (χ0v) is 17.6. The molecule has 0 aromatic heterocycles. The first-order valence-electron chi connectivity index (χ1n) is 10.4. The fourth-order valence-corrected chi connectivity index (χ4v) is 3.70. The van der Waals surface area contributed by atoms with Gasteiger partial charge in [0.25, 0.3) is 0 Å². The van der Waals surface area contributed by atoms with Gasteiger partial charge in [-0.2, -0.15) is 0 Å². The van der Waals surface area contributed by atoms with Crippen molar-refractivity contribution in [2.45, 2.75) is 13.8 Å². The summed E-state index contributed by atoms with van der Waals surface area (Å²) in [6, 6.07) is 34.5. The molecule has 0 aliphatic heterocycles. The Morgan fingerprint density at radius 3 is 1.83 bits per heavy atom. The third-order valence-electron chi connectivity index (χ3n) is 5.49. The number of nitrogens with two attached hydrogens (primary N) is 1. The molecule has 0 atom stereocenters. The van der Waals surface area contributed by atoms with Gasteiger partial charge in [-0.05, 0) is 64.9 Å². The van der Waals surface area contributed by atoms with Crippen molar-refractivity contribution in [3.8, 4) is 22.3 Å².